The number of likely N-dealkylation sites (tertiary alicyclic amines) is 1. The van der Waals surface area contributed by atoms with Gasteiger partial charge in [-0.1, -0.05) is 13.8 Å². The lowest BCUT2D eigenvalue weighted by atomic mass is 10.1. The molecule has 2 fully saturated rings. The molecule has 1 saturated carbocycles. The second-order valence-corrected chi connectivity index (χ2v) is 5.34. The highest BCUT2D eigenvalue weighted by Gasteiger charge is 2.66. The quantitative estimate of drug-likeness (QED) is 0.692. The van der Waals surface area contributed by atoms with Crippen molar-refractivity contribution in [2.45, 2.75) is 26.4 Å². The Morgan fingerprint density at radius 2 is 1.94 bits per heavy atom. The average molecular weight is 227 g/mol. The highest BCUT2D eigenvalue weighted by Crippen LogP contribution is 2.59. The van der Waals surface area contributed by atoms with Gasteiger partial charge < -0.3 is 15.1 Å². The number of aliphatic hydroxyl groups excluding tert-OH is 1. The number of β-amino-alcohol motifs (C(OH)–C–C–N with tert-alkyl or cyclic N) is 1. The molecule has 3 atom stereocenters. The third-order valence-electron chi connectivity index (χ3n) is 3.83. The molecule has 1 heterocycles. The van der Waals surface area contributed by atoms with Gasteiger partial charge in [0.2, 0.25) is 5.91 Å². The molecule has 0 aromatic heterocycles. The van der Waals surface area contributed by atoms with Gasteiger partial charge in [0, 0.05) is 13.1 Å². The predicted molar refractivity (Wildman–Crippen MR) is 55.6 cm³/mol. The van der Waals surface area contributed by atoms with E-state index in [2.05, 4.69) is 0 Å². The zero-order valence-corrected chi connectivity index (χ0v) is 9.51. The van der Waals surface area contributed by atoms with Crippen molar-refractivity contribution in [3.05, 3.63) is 0 Å². The van der Waals surface area contributed by atoms with Crippen LogP contribution in [0, 0.1) is 17.3 Å². The molecule has 5 nitrogen and oxygen atoms in total. The minimum atomic E-state index is -0.900. The second kappa shape index (κ2) is 3.45. The standard InChI is InChI=1S/C11H17NO4/c1-11(2)7(8(11)10(15)16)9(14)12-4-3-6(13)5-12/h6-8,13H,3-5H2,1-2H3,(H,15,16)/t6-,7-,8+/m1/s1. The lowest BCUT2D eigenvalue weighted by Crippen LogP contribution is -2.32. The fourth-order valence-electron chi connectivity index (χ4n) is 2.70. The fourth-order valence-corrected chi connectivity index (χ4v) is 2.70. The van der Waals surface area contributed by atoms with Gasteiger partial charge in [-0.05, 0) is 11.8 Å². The minimum Gasteiger partial charge on any atom is -0.481 e. The maximum Gasteiger partial charge on any atom is 0.307 e. The van der Waals surface area contributed by atoms with Crippen LogP contribution < -0.4 is 0 Å². The van der Waals surface area contributed by atoms with Crippen molar-refractivity contribution >= 4 is 11.9 Å². The third-order valence-corrected chi connectivity index (χ3v) is 3.83. The van der Waals surface area contributed by atoms with Crippen LogP contribution in [0.2, 0.25) is 0 Å². The number of hydrogen-bond donors (Lipinski definition) is 2. The van der Waals surface area contributed by atoms with Gasteiger partial charge in [0.05, 0.1) is 17.9 Å². The van der Waals surface area contributed by atoms with Crippen molar-refractivity contribution in [3.8, 4) is 0 Å². The summed E-state index contributed by atoms with van der Waals surface area (Å²) >= 11 is 0. The molecule has 90 valence electrons. The molecule has 1 saturated heterocycles. The molecule has 16 heavy (non-hydrogen) atoms. The summed E-state index contributed by atoms with van der Waals surface area (Å²) in [5.74, 6) is -2.01. The van der Waals surface area contributed by atoms with E-state index in [1.54, 1.807) is 18.7 Å². The summed E-state index contributed by atoms with van der Waals surface area (Å²) in [6.07, 6.45) is 0.144. The van der Waals surface area contributed by atoms with Crippen LogP contribution in [0.25, 0.3) is 0 Å². The lowest BCUT2D eigenvalue weighted by Gasteiger charge is -2.16. The topological polar surface area (TPSA) is 77.8 Å². The van der Waals surface area contributed by atoms with Crippen LogP contribution in [0.5, 0.6) is 0 Å². The normalized spacial score (nSPS) is 36.2. The van der Waals surface area contributed by atoms with Crippen LogP contribution >= 0.6 is 0 Å². The van der Waals surface area contributed by atoms with E-state index in [0.29, 0.717) is 19.5 Å². The summed E-state index contributed by atoms with van der Waals surface area (Å²) in [6, 6.07) is 0. The van der Waals surface area contributed by atoms with Gasteiger partial charge in [0.1, 0.15) is 0 Å². The number of rotatable bonds is 2. The number of carbonyl (C=O) groups is 2. The first kappa shape index (κ1) is 11.4. The zero-order chi connectivity index (χ0) is 12.1. The Bertz CT molecular complexity index is 339. The smallest absolute Gasteiger partial charge is 0.307 e. The molecule has 0 aromatic carbocycles. The Labute approximate surface area is 94.0 Å². The Hall–Kier alpha value is -1.10. The van der Waals surface area contributed by atoms with E-state index in [-0.39, 0.29) is 5.91 Å². The molecule has 0 radical (unpaired) electrons. The van der Waals surface area contributed by atoms with Crippen LogP contribution in [0.15, 0.2) is 0 Å². The van der Waals surface area contributed by atoms with Crippen molar-refractivity contribution in [2.24, 2.45) is 17.3 Å². The van der Waals surface area contributed by atoms with E-state index < -0.39 is 29.3 Å². The number of hydrogen-bond acceptors (Lipinski definition) is 3. The monoisotopic (exact) mass is 227 g/mol. The van der Waals surface area contributed by atoms with Gasteiger partial charge in [-0.3, -0.25) is 9.59 Å². The summed E-state index contributed by atoms with van der Waals surface area (Å²) in [5, 5.41) is 18.3. The molecule has 0 unspecified atom stereocenters. The van der Waals surface area contributed by atoms with E-state index in [1.165, 1.54) is 0 Å². The van der Waals surface area contributed by atoms with Crippen LogP contribution in [0.1, 0.15) is 20.3 Å². The van der Waals surface area contributed by atoms with Crippen LogP contribution in [0.3, 0.4) is 0 Å². The van der Waals surface area contributed by atoms with Crippen LogP contribution in [0.4, 0.5) is 0 Å². The lowest BCUT2D eigenvalue weighted by molar-refractivity contribution is -0.141. The SMILES string of the molecule is CC1(C)[C@H](C(=O)O)[C@@H]1C(=O)N1CC[C@@H](O)C1. The number of carbonyl (C=O) groups excluding carboxylic acids is 1. The zero-order valence-electron chi connectivity index (χ0n) is 9.51. The molecular weight excluding hydrogens is 210 g/mol. The first-order valence-corrected chi connectivity index (χ1v) is 5.55. The molecule has 1 aliphatic carbocycles. The van der Waals surface area contributed by atoms with E-state index in [4.69, 9.17) is 5.11 Å². The number of amides is 1. The number of carboxylic acid groups (broad SMARTS) is 1. The summed E-state index contributed by atoms with van der Waals surface area (Å²) in [5.41, 5.74) is -0.448. The maximum atomic E-state index is 12.0. The second-order valence-electron chi connectivity index (χ2n) is 5.34. The van der Waals surface area contributed by atoms with Gasteiger partial charge in [0.15, 0.2) is 0 Å². The first-order chi connectivity index (χ1) is 7.35. The highest BCUT2D eigenvalue weighted by molar-refractivity contribution is 5.91. The van der Waals surface area contributed by atoms with Gasteiger partial charge in [-0.2, -0.15) is 0 Å². The largest absolute Gasteiger partial charge is 0.481 e. The van der Waals surface area contributed by atoms with Crippen molar-refractivity contribution in [1.29, 1.82) is 0 Å². The van der Waals surface area contributed by atoms with Crippen LogP contribution in [-0.2, 0) is 9.59 Å². The van der Waals surface area contributed by atoms with E-state index in [9.17, 15) is 14.7 Å². The Morgan fingerprint density at radius 3 is 2.31 bits per heavy atom. The molecule has 0 aromatic rings. The Balaban J connectivity index is 2.04. The van der Waals surface area contributed by atoms with E-state index >= 15 is 0 Å². The Morgan fingerprint density at radius 1 is 1.31 bits per heavy atom. The minimum absolute atomic E-state index is 0.117. The van der Waals surface area contributed by atoms with Gasteiger partial charge in [0.25, 0.3) is 0 Å². The molecule has 1 aliphatic heterocycles. The predicted octanol–water partition coefficient (Wildman–Crippen LogP) is -0.0636. The van der Waals surface area contributed by atoms with Gasteiger partial charge in [-0.15, -0.1) is 0 Å². The summed E-state index contributed by atoms with van der Waals surface area (Å²) in [7, 11) is 0. The van der Waals surface area contributed by atoms with Crippen molar-refractivity contribution < 1.29 is 19.8 Å². The molecule has 5 heteroatoms. The molecule has 2 aliphatic rings. The molecule has 1 amide bonds. The number of aliphatic carboxylic acids is 1. The fraction of sp³-hybridized carbons (Fsp3) is 0.818. The summed E-state index contributed by atoms with van der Waals surface area (Å²) in [6.45, 7) is 4.50. The number of aliphatic hydroxyl groups is 1. The van der Waals surface area contributed by atoms with Gasteiger partial charge in [-0.25, -0.2) is 0 Å². The summed E-state index contributed by atoms with van der Waals surface area (Å²) < 4.78 is 0. The molecule has 2 N–H and O–H groups in total. The van der Waals surface area contributed by atoms with E-state index in [0.717, 1.165) is 0 Å². The van der Waals surface area contributed by atoms with Crippen molar-refractivity contribution in [1.82, 2.24) is 4.90 Å². The third kappa shape index (κ3) is 1.59. The maximum absolute atomic E-state index is 12.0. The number of nitrogens with zero attached hydrogens (tertiary/aromatic N) is 1. The Kier molecular flexibility index (Phi) is 2.45. The summed E-state index contributed by atoms with van der Waals surface area (Å²) in [4.78, 5) is 24.6. The van der Waals surface area contributed by atoms with Crippen molar-refractivity contribution in [3.63, 3.8) is 0 Å². The molecular formula is C11H17NO4. The van der Waals surface area contributed by atoms with E-state index in [1.807, 2.05) is 0 Å². The average Bonchev–Trinajstić information content (AvgIpc) is 2.54. The first-order valence-electron chi connectivity index (χ1n) is 5.55. The van der Waals surface area contributed by atoms with Gasteiger partial charge >= 0.3 is 5.97 Å². The van der Waals surface area contributed by atoms with Crippen molar-refractivity contribution in [2.75, 3.05) is 13.1 Å². The molecule has 0 bridgehead atoms. The highest BCUT2D eigenvalue weighted by atomic mass is 16.4. The van der Waals surface area contributed by atoms with Crippen LogP contribution in [-0.4, -0.2) is 46.2 Å². The number of carboxylic acids is 1. The molecule has 0 spiro atoms. The molecule has 2 rings (SSSR count).